The van der Waals surface area contributed by atoms with Crippen LogP contribution in [0, 0.1) is 11.8 Å². The number of allylic oxidation sites excluding steroid dienone is 2. The number of hydrazine groups is 1. The lowest BCUT2D eigenvalue weighted by Crippen LogP contribution is -2.56. The Hall–Kier alpha value is -1.42. The number of rotatable bonds is 6. The van der Waals surface area contributed by atoms with Crippen LogP contribution in [0.5, 0.6) is 5.75 Å². The third kappa shape index (κ3) is 3.86. The molecular formula is C25H14Cl8N2O5. The van der Waals surface area contributed by atoms with Crippen LogP contribution in [-0.4, -0.2) is 61.3 Å². The molecule has 2 aromatic rings. The molecule has 1 saturated carbocycles. The highest BCUT2D eigenvalue weighted by Crippen LogP contribution is 2.77. The molecule has 210 valence electrons. The fourth-order valence-electron chi connectivity index (χ4n) is 5.26. The van der Waals surface area contributed by atoms with E-state index in [1.165, 1.54) is 49.6 Å². The molecule has 0 N–H and O–H groups in total. The van der Waals surface area contributed by atoms with E-state index in [4.69, 9.17) is 97.5 Å². The van der Waals surface area contributed by atoms with Crippen molar-refractivity contribution in [2.45, 2.75) is 14.1 Å². The van der Waals surface area contributed by atoms with Crippen molar-refractivity contribution in [1.29, 1.82) is 0 Å². The van der Waals surface area contributed by atoms with Crippen molar-refractivity contribution in [3.8, 4) is 5.75 Å². The van der Waals surface area contributed by atoms with Crippen LogP contribution in [0.4, 0.5) is 0 Å². The van der Waals surface area contributed by atoms with Gasteiger partial charge in [-0.05, 0) is 42.5 Å². The number of ketones is 1. The molecule has 1 aliphatic heterocycles. The van der Waals surface area contributed by atoms with Crippen molar-refractivity contribution in [1.82, 2.24) is 10.0 Å². The van der Waals surface area contributed by atoms with E-state index < -0.39 is 56.0 Å². The second-order valence-corrected chi connectivity index (χ2v) is 13.3. The highest BCUT2D eigenvalue weighted by Gasteiger charge is 2.88. The summed E-state index contributed by atoms with van der Waals surface area (Å²) in [5, 5.41) is 0.707. The number of fused-ring (bicyclic) bond motifs is 5. The number of nitrogens with zero attached hydrogens (tertiary/aromatic N) is 2. The van der Waals surface area contributed by atoms with E-state index in [1.54, 1.807) is 0 Å². The van der Waals surface area contributed by atoms with Crippen molar-refractivity contribution in [3.05, 3.63) is 73.7 Å². The minimum atomic E-state index is -2.17. The van der Waals surface area contributed by atoms with Crippen molar-refractivity contribution in [2.24, 2.45) is 11.8 Å². The molecule has 2 aromatic carbocycles. The molecule has 0 radical (unpaired) electrons. The van der Waals surface area contributed by atoms with Crippen LogP contribution in [0.25, 0.3) is 0 Å². The molecule has 0 spiro atoms. The van der Waals surface area contributed by atoms with Gasteiger partial charge in [-0.1, -0.05) is 69.6 Å². The normalized spacial score (nSPS) is 28.3. The first-order valence-corrected chi connectivity index (χ1v) is 14.3. The van der Waals surface area contributed by atoms with E-state index in [1.807, 2.05) is 0 Å². The second kappa shape index (κ2) is 10.1. The number of ether oxygens (including phenoxy) is 1. The van der Waals surface area contributed by atoms with Crippen LogP contribution >= 0.6 is 92.8 Å². The largest absolute Gasteiger partial charge is 0.497 e. The number of imide groups is 1. The quantitative estimate of drug-likeness (QED) is 0.190. The van der Waals surface area contributed by atoms with Gasteiger partial charge in [-0.15, -0.1) is 23.2 Å². The number of hydrogen-bond acceptors (Lipinski definition) is 5. The number of Topliss-reactive ketones (excluding diaryl/α,β-unsaturated/α-hetero) is 1. The van der Waals surface area contributed by atoms with E-state index in [2.05, 4.69) is 0 Å². The smallest absolute Gasteiger partial charge is 0.274 e. The minimum absolute atomic E-state index is 0.0883. The van der Waals surface area contributed by atoms with Gasteiger partial charge in [0.05, 0.1) is 39.6 Å². The lowest BCUT2D eigenvalue weighted by Gasteiger charge is -2.36. The number of hydrogen-bond donors (Lipinski definition) is 0. The molecule has 0 unspecified atom stereocenters. The van der Waals surface area contributed by atoms with Crippen LogP contribution in [0.2, 0.25) is 10.0 Å². The first-order chi connectivity index (χ1) is 18.6. The Morgan fingerprint density at radius 3 is 1.88 bits per heavy atom. The number of alkyl halides is 4. The predicted octanol–water partition coefficient (Wildman–Crippen LogP) is 6.69. The van der Waals surface area contributed by atoms with Gasteiger partial charge in [-0.25, -0.2) is 5.01 Å². The number of methoxy groups -OCH3 is 1. The molecule has 1 saturated heterocycles. The first kappa shape index (κ1) is 30.1. The van der Waals surface area contributed by atoms with Gasteiger partial charge < -0.3 is 4.74 Å². The van der Waals surface area contributed by atoms with Gasteiger partial charge >= 0.3 is 0 Å². The SMILES string of the molecule is COc1ccc(C(=O)CN(C(=O)c2ccc(Cl)cc2Cl)N2C(=O)[C@H]3[C@H](C2=O)[C@@]2(Cl)C(Cl)=C(Cl)[C@@]3(Cl)C2(Cl)Cl)cc1. The number of benzene rings is 2. The summed E-state index contributed by atoms with van der Waals surface area (Å²) in [5.74, 6) is -6.16. The molecule has 40 heavy (non-hydrogen) atoms. The van der Waals surface area contributed by atoms with Crippen LogP contribution in [-0.2, 0) is 9.59 Å². The van der Waals surface area contributed by atoms with Crippen molar-refractivity contribution in [2.75, 3.05) is 13.7 Å². The molecule has 15 heteroatoms. The Labute approximate surface area is 267 Å². The summed E-state index contributed by atoms with van der Waals surface area (Å²) >= 11 is 51.6. The topological polar surface area (TPSA) is 84.0 Å². The van der Waals surface area contributed by atoms with Gasteiger partial charge in [0.2, 0.25) is 0 Å². The van der Waals surface area contributed by atoms with Crippen LogP contribution in [0.1, 0.15) is 20.7 Å². The molecule has 2 bridgehead atoms. The van der Waals surface area contributed by atoms with Crippen molar-refractivity contribution < 1.29 is 23.9 Å². The summed E-state index contributed by atoms with van der Waals surface area (Å²) in [4.78, 5) is 50.8. The molecule has 7 nitrogen and oxygen atoms in total. The molecule has 5 rings (SSSR count). The lowest BCUT2D eigenvalue weighted by atomic mass is 9.84. The van der Waals surface area contributed by atoms with Crippen LogP contribution in [0.15, 0.2) is 52.5 Å². The average Bonchev–Trinajstić information content (AvgIpc) is 3.30. The fraction of sp³-hybridized carbons (Fsp3) is 0.280. The zero-order valence-electron chi connectivity index (χ0n) is 19.9. The predicted molar refractivity (Wildman–Crippen MR) is 154 cm³/mol. The Bertz CT molecular complexity index is 1480. The molecule has 1 heterocycles. The molecule has 4 atom stereocenters. The molecule has 0 aromatic heterocycles. The Morgan fingerprint density at radius 2 is 1.40 bits per heavy atom. The summed E-state index contributed by atoms with van der Waals surface area (Å²) < 4.78 is 2.94. The summed E-state index contributed by atoms with van der Waals surface area (Å²) in [6.07, 6.45) is 0. The molecule has 2 fully saturated rings. The molecule has 2 aliphatic carbocycles. The number of halogens is 8. The zero-order valence-corrected chi connectivity index (χ0v) is 25.9. The lowest BCUT2D eigenvalue weighted by molar-refractivity contribution is -0.154. The maximum atomic E-state index is 13.9. The standard InChI is InChI=1S/C25H14Cl8N2O5/c1-40-12-5-2-10(3-6-12)15(36)9-34(20(37)13-7-4-11(26)8-14(13)27)35-21(38)16-17(22(35)39)24(31)19(29)18(28)23(16,30)25(24,32)33/h2-8,16-17H,9H2,1H3/t16-,17-,23-,24-/m1/s1. The maximum Gasteiger partial charge on any atom is 0.274 e. The number of carbonyl (C=O) groups is 4. The third-order valence-electron chi connectivity index (χ3n) is 7.23. The molecular weight excluding hydrogens is 692 g/mol. The Kier molecular flexibility index (Phi) is 7.58. The first-order valence-electron chi connectivity index (χ1n) is 11.3. The van der Waals surface area contributed by atoms with Crippen molar-refractivity contribution >= 4 is 116 Å². The summed E-state index contributed by atoms with van der Waals surface area (Å²) in [6, 6.07) is 9.96. The highest BCUT2D eigenvalue weighted by atomic mass is 35.5. The van der Waals surface area contributed by atoms with Gasteiger partial charge in [-0.3, -0.25) is 19.2 Å². The van der Waals surface area contributed by atoms with Gasteiger partial charge in [0.25, 0.3) is 17.7 Å². The van der Waals surface area contributed by atoms with E-state index in [9.17, 15) is 19.2 Å². The fourth-order valence-corrected chi connectivity index (χ4v) is 8.68. The van der Waals surface area contributed by atoms with E-state index >= 15 is 0 Å². The Balaban J connectivity index is 1.60. The summed E-state index contributed by atoms with van der Waals surface area (Å²) in [6.45, 7) is -0.757. The van der Waals surface area contributed by atoms with Gasteiger partial charge in [0, 0.05) is 10.6 Å². The minimum Gasteiger partial charge on any atom is -0.497 e. The second-order valence-electron chi connectivity index (χ2n) is 9.21. The summed E-state index contributed by atoms with van der Waals surface area (Å²) in [5.41, 5.74) is 0.0182. The van der Waals surface area contributed by atoms with Crippen LogP contribution in [0.3, 0.4) is 0 Å². The molecule has 3 amide bonds. The van der Waals surface area contributed by atoms with Gasteiger partial charge in [-0.2, -0.15) is 5.01 Å². The zero-order chi connectivity index (χ0) is 29.5. The van der Waals surface area contributed by atoms with E-state index in [0.29, 0.717) is 15.8 Å². The van der Waals surface area contributed by atoms with Crippen molar-refractivity contribution in [3.63, 3.8) is 0 Å². The molecule has 3 aliphatic rings. The van der Waals surface area contributed by atoms with E-state index in [0.717, 1.165) is 0 Å². The number of amides is 3. The monoisotopic (exact) mass is 702 g/mol. The average molecular weight is 706 g/mol. The van der Waals surface area contributed by atoms with Gasteiger partial charge in [0.1, 0.15) is 22.0 Å². The summed E-state index contributed by atoms with van der Waals surface area (Å²) in [7, 11) is 1.46. The Morgan fingerprint density at radius 1 is 0.875 bits per heavy atom. The van der Waals surface area contributed by atoms with E-state index in [-0.39, 0.29) is 31.2 Å². The highest BCUT2D eigenvalue weighted by molar-refractivity contribution is 6.66. The number of carbonyl (C=O) groups excluding carboxylic acids is 4. The third-order valence-corrected chi connectivity index (χ3v) is 12.0. The van der Waals surface area contributed by atoms with Gasteiger partial charge in [0.15, 0.2) is 10.1 Å². The maximum absolute atomic E-state index is 13.9. The van der Waals surface area contributed by atoms with Crippen LogP contribution < -0.4 is 4.74 Å².